The van der Waals surface area contributed by atoms with Gasteiger partial charge >= 0.3 is 6.18 Å². The number of nitrogens with zero attached hydrogens (tertiary/aromatic N) is 2. The Morgan fingerprint density at radius 2 is 1.59 bits per heavy atom. The maximum Gasteiger partial charge on any atom is 0.416 e. The molecule has 2 rings (SSSR count). The standard InChI is InChI=1S/C16H13F4N3O6/c17-10-1-3-12(4-2-10)29-8-11(24)7-21-15-13(22(25)26)5-9(16(18,19)20)6-14(15)23(27)28/h1-6,11,21,24H,7-8H2. The number of hydrogen-bond acceptors (Lipinski definition) is 7. The maximum atomic E-state index is 12.9. The Balaban J connectivity index is 2.18. The number of ether oxygens (including phenoxy) is 1. The van der Waals surface area contributed by atoms with Crippen LogP contribution in [-0.4, -0.2) is 34.2 Å². The van der Waals surface area contributed by atoms with Gasteiger partial charge in [0, 0.05) is 18.7 Å². The van der Waals surface area contributed by atoms with Gasteiger partial charge in [0.15, 0.2) is 5.69 Å². The molecule has 0 aliphatic heterocycles. The van der Waals surface area contributed by atoms with E-state index < -0.39 is 57.1 Å². The zero-order valence-electron chi connectivity index (χ0n) is 14.4. The number of nitro groups is 2. The van der Waals surface area contributed by atoms with Gasteiger partial charge in [0.05, 0.1) is 15.4 Å². The zero-order valence-corrected chi connectivity index (χ0v) is 14.4. The van der Waals surface area contributed by atoms with Gasteiger partial charge in [-0.2, -0.15) is 13.2 Å². The average Bonchev–Trinajstić information content (AvgIpc) is 2.64. The van der Waals surface area contributed by atoms with Gasteiger partial charge in [-0.1, -0.05) is 0 Å². The Morgan fingerprint density at radius 3 is 2.03 bits per heavy atom. The Kier molecular flexibility index (Phi) is 6.53. The molecule has 9 nitrogen and oxygen atoms in total. The van der Waals surface area contributed by atoms with E-state index in [2.05, 4.69) is 5.32 Å². The third kappa shape index (κ3) is 5.75. The quantitative estimate of drug-likeness (QED) is 0.381. The van der Waals surface area contributed by atoms with E-state index in [0.29, 0.717) is 0 Å². The summed E-state index contributed by atoms with van der Waals surface area (Å²) in [7, 11) is 0. The summed E-state index contributed by atoms with van der Waals surface area (Å²) < 4.78 is 56.5. The Morgan fingerprint density at radius 1 is 1.07 bits per heavy atom. The summed E-state index contributed by atoms with van der Waals surface area (Å²) in [6, 6.07) is 5.10. The van der Waals surface area contributed by atoms with Gasteiger partial charge in [-0.15, -0.1) is 0 Å². The minimum atomic E-state index is -5.03. The lowest BCUT2D eigenvalue weighted by Gasteiger charge is -2.15. The molecule has 0 aliphatic carbocycles. The first-order valence-corrected chi connectivity index (χ1v) is 7.83. The minimum Gasteiger partial charge on any atom is -0.491 e. The van der Waals surface area contributed by atoms with Crippen LogP contribution in [0.2, 0.25) is 0 Å². The SMILES string of the molecule is O=[N+]([O-])c1cc(C(F)(F)F)cc([N+](=O)[O-])c1NCC(O)COc1ccc(F)cc1. The number of hydrogen-bond donors (Lipinski definition) is 2. The van der Waals surface area contributed by atoms with Crippen LogP contribution in [0.25, 0.3) is 0 Å². The predicted octanol–water partition coefficient (Wildman–Crippen LogP) is 3.51. The van der Waals surface area contributed by atoms with Crippen molar-refractivity contribution in [1.29, 1.82) is 0 Å². The van der Waals surface area contributed by atoms with Gasteiger partial charge in [-0.3, -0.25) is 20.2 Å². The first-order valence-electron chi connectivity index (χ1n) is 7.83. The molecule has 0 fully saturated rings. The summed E-state index contributed by atoms with van der Waals surface area (Å²) in [5.74, 6) is -0.307. The fourth-order valence-corrected chi connectivity index (χ4v) is 2.25. The van der Waals surface area contributed by atoms with E-state index in [1.54, 1.807) is 0 Å². The van der Waals surface area contributed by atoms with E-state index in [1.807, 2.05) is 0 Å². The van der Waals surface area contributed by atoms with Crippen LogP contribution in [0.1, 0.15) is 5.56 Å². The lowest BCUT2D eigenvalue weighted by Crippen LogP contribution is -2.27. The Hall–Kier alpha value is -3.48. The molecule has 0 bridgehead atoms. The topological polar surface area (TPSA) is 128 Å². The number of halogens is 4. The fourth-order valence-electron chi connectivity index (χ4n) is 2.25. The van der Waals surface area contributed by atoms with Gasteiger partial charge in [-0.05, 0) is 24.3 Å². The van der Waals surface area contributed by atoms with Crippen LogP contribution in [0.5, 0.6) is 5.75 Å². The molecule has 29 heavy (non-hydrogen) atoms. The van der Waals surface area contributed by atoms with Crippen molar-refractivity contribution in [3.05, 3.63) is 68.0 Å². The van der Waals surface area contributed by atoms with Crippen molar-refractivity contribution in [3.63, 3.8) is 0 Å². The number of nitrogens with one attached hydrogen (secondary N) is 1. The van der Waals surface area contributed by atoms with Crippen LogP contribution in [0.15, 0.2) is 36.4 Å². The van der Waals surface area contributed by atoms with E-state index in [4.69, 9.17) is 4.74 Å². The van der Waals surface area contributed by atoms with Crippen molar-refractivity contribution < 1.29 is 37.3 Å². The number of anilines is 1. The first-order chi connectivity index (χ1) is 13.5. The first kappa shape index (κ1) is 21.8. The van der Waals surface area contributed by atoms with Crippen LogP contribution >= 0.6 is 0 Å². The molecule has 156 valence electrons. The van der Waals surface area contributed by atoms with Crippen LogP contribution in [0.3, 0.4) is 0 Å². The lowest BCUT2D eigenvalue weighted by molar-refractivity contribution is -0.392. The third-order valence-electron chi connectivity index (χ3n) is 3.59. The molecule has 0 aliphatic rings. The molecular weight excluding hydrogens is 406 g/mol. The highest BCUT2D eigenvalue weighted by molar-refractivity contribution is 5.75. The van der Waals surface area contributed by atoms with E-state index >= 15 is 0 Å². The molecule has 0 saturated carbocycles. The van der Waals surface area contributed by atoms with Crippen LogP contribution in [0.4, 0.5) is 34.6 Å². The molecule has 1 unspecified atom stereocenters. The molecule has 13 heteroatoms. The van der Waals surface area contributed by atoms with Gasteiger partial charge in [0.25, 0.3) is 11.4 Å². The van der Waals surface area contributed by atoms with Crippen molar-refractivity contribution >= 4 is 17.1 Å². The van der Waals surface area contributed by atoms with E-state index in [0.717, 1.165) is 12.1 Å². The van der Waals surface area contributed by atoms with Gasteiger partial charge in [0.1, 0.15) is 24.3 Å². The molecule has 1 atom stereocenters. The monoisotopic (exact) mass is 419 g/mol. The largest absolute Gasteiger partial charge is 0.491 e. The molecular formula is C16H13F4N3O6. The second kappa shape index (κ2) is 8.68. The van der Waals surface area contributed by atoms with E-state index in [9.17, 15) is 42.9 Å². The number of rotatable bonds is 8. The van der Waals surface area contributed by atoms with Crippen molar-refractivity contribution in [2.45, 2.75) is 12.3 Å². The highest BCUT2D eigenvalue weighted by atomic mass is 19.4. The number of nitro benzene ring substituents is 2. The summed E-state index contributed by atoms with van der Waals surface area (Å²) in [6.45, 7) is -0.880. The minimum absolute atomic E-state index is 0.163. The van der Waals surface area contributed by atoms with Crippen LogP contribution < -0.4 is 10.1 Å². The summed E-state index contributed by atoms with van der Waals surface area (Å²) in [6.07, 6.45) is -6.38. The summed E-state index contributed by atoms with van der Waals surface area (Å²) in [5, 5.41) is 34.3. The van der Waals surface area contributed by atoms with Gasteiger partial charge in [-0.25, -0.2) is 4.39 Å². The van der Waals surface area contributed by atoms with Crippen molar-refractivity contribution in [2.75, 3.05) is 18.5 Å². The number of aliphatic hydroxyl groups is 1. The van der Waals surface area contributed by atoms with Crippen LogP contribution in [0, 0.1) is 26.0 Å². The lowest BCUT2D eigenvalue weighted by atomic mass is 10.1. The van der Waals surface area contributed by atoms with E-state index in [1.165, 1.54) is 12.1 Å². The highest BCUT2D eigenvalue weighted by Crippen LogP contribution is 2.41. The zero-order chi connectivity index (χ0) is 21.8. The second-order valence-electron chi connectivity index (χ2n) is 5.70. The molecule has 0 amide bonds. The smallest absolute Gasteiger partial charge is 0.416 e. The van der Waals surface area contributed by atoms with Crippen LogP contribution in [-0.2, 0) is 6.18 Å². The van der Waals surface area contributed by atoms with Gasteiger partial charge in [0.2, 0.25) is 0 Å². The summed E-state index contributed by atoms with van der Waals surface area (Å²) >= 11 is 0. The van der Waals surface area contributed by atoms with Gasteiger partial charge < -0.3 is 15.2 Å². The third-order valence-corrected chi connectivity index (χ3v) is 3.59. The second-order valence-corrected chi connectivity index (χ2v) is 5.70. The highest BCUT2D eigenvalue weighted by Gasteiger charge is 2.37. The normalized spacial score (nSPS) is 12.3. The molecule has 0 radical (unpaired) electrons. The molecule has 0 aromatic heterocycles. The molecule has 2 aromatic carbocycles. The number of aliphatic hydroxyl groups excluding tert-OH is 1. The average molecular weight is 419 g/mol. The summed E-state index contributed by atoms with van der Waals surface area (Å²) in [5.41, 5.74) is -4.67. The van der Waals surface area contributed by atoms with Crippen molar-refractivity contribution in [3.8, 4) is 5.75 Å². The molecule has 0 spiro atoms. The Bertz CT molecular complexity index is 870. The Labute approximate surface area is 159 Å². The maximum absolute atomic E-state index is 12.9. The van der Waals surface area contributed by atoms with Crippen molar-refractivity contribution in [2.24, 2.45) is 0 Å². The van der Waals surface area contributed by atoms with Crippen molar-refractivity contribution in [1.82, 2.24) is 0 Å². The predicted molar refractivity (Wildman–Crippen MR) is 91.1 cm³/mol. The molecule has 0 saturated heterocycles. The van der Waals surface area contributed by atoms with E-state index in [-0.39, 0.29) is 24.5 Å². The molecule has 0 heterocycles. The fraction of sp³-hybridized carbons (Fsp3) is 0.250. The summed E-state index contributed by atoms with van der Waals surface area (Å²) in [4.78, 5) is 19.8. The number of benzene rings is 2. The molecule has 2 aromatic rings. The number of alkyl halides is 3. The molecule has 2 N–H and O–H groups in total.